The maximum Gasteiger partial charge on any atom is 0.338 e. The minimum absolute atomic E-state index is 0.234. The van der Waals surface area contributed by atoms with Crippen molar-refractivity contribution in [2.45, 2.75) is 36.6 Å². The van der Waals surface area contributed by atoms with Gasteiger partial charge in [-0.15, -0.1) is 0 Å². The van der Waals surface area contributed by atoms with Crippen LogP contribution >= 0.6 is 34.7 Å². The lowest BCUT2D eigenvalue weighted by molar-refractivity contribution is -0.122. The number of esters is 1. The average Bonchev–Trinajstić information content (AvgIpc) is 3.47. The van der Waals surface area contributed by atoms with Crippen molar-refractivity contribution in [3.05, 3.63) is 109 Å². The number of carbonyl (C=O) groups excluding carboxylic acids is 3. The lowest BCUT2D eigenvalue weighted by Gasteiger charge is -2.31. The van der Waals surface area contributed by atoms with Crippen LogP contribution in [0.2, 0.25) is 5.02 Å². The lowest BCUT2D eigenvalue weighted by atomic mass is 9.82. The van der Waals surface area contributed by atoms with Crippen LogP contribution in [0.5, 0.6) is 5.75 Å². The molecule has 4 aromatic rings. The van der Waals surface area contributed by atoms with Gasteiger partial charge >= 0.3 is 10.8 Å². The number of hydrogen-bond donors (Lipinski definition) is 1. The molecular formula is C31H25ClN2O6S2. The first-order valence-electron chi connectivity index (χ1n) is 13.3. The van der Waals surface area contributed by atoms with E-state index in [1.165, 1.54) is 23.9 Å². The van der Waals surface area contributed by atoms with E-state index < -0.39 is 34.9 Å². The van der Waals surface area contributed by atoms with Gasteiger partial charge in [-0.3, -0.25) is 14.4 Å². The normalized spacial score (nSPS) is 19.4. The number of ether oxygens (including phenoxy) is 2. The topological polar surface area (TPSA) is 106 Å². The number of aryl methyl sites for hydroxylation is 1. The third-order valence-corrected chi connectivity index (χ3v) is 9.92. The molecule has 0 bridgehead atoms. The Bertz CT molecular complexity index is 1750. The predicted molar refractivity (Wildman–Crippen MR) is 162 cm³/mol. The summed E-state index contributed by atoms with van der Waals surface area (Å²) in [6, 6.07) is 19.4. The lowest BCUT2D eigenvalue weighted by Crippen LogP contribution is -2.32. The largest absolute Gasteiger partial charge is 0.489 e. The summed E-state index contributed by atoms with van der Waals surface area (Å²) >= 11 is 8.68. The SMILES string of the molecule is CCOC(=O)c1ccc(N2C(=O)C3Sc4[nH]c(=O)sc4[C@H](c4cc(Cl)ccc4OCc4ccc(C)cc4)C3C2=O)cc1. The molecule has 2 aliphatic heterocycles. The highest BCUT2D eigenvalue weighted by Crippen LogP contribution is 2.54. The van der Waals surface area contributed by atoms with Crippen LogP contribution in [0.15, 0.2) is 76.6 Å². The van der Waals surface area contributed by atoms with Crippen LogP contribution in [0.25, 0.3) is 0 Å². The number of nitrogens with one attached hydrogen (secondary N) is 1. The Hall–Kier alpha value is -3.86. The zero-order valence-electron chi connectivity index (χ0n) is 22.6. The Morgan fingerprint density at radius 1 is 1.00 bits per heavy atom. The van der Waals surface area contributed by atoms with Gasteiger partial charge in [0.2, 0.25) is 11.8 Å². The van der Waals surface area contributed by atoms with Crippen molar-refractivity contribution < 1.29 is 23.9 Å². The van der Waals surface area contributed by atoms with Crippen molar-refractivity contribution in [3.8, 4) is 5.75 Å². The van der Waals surface area contributed by atoms with E-state index in [4.69, 9.17) is 21.1 Å². The van der Waals surface area contributed by atoms with Gasteiger partial charge < -0.3 is 14.5 Å². The number of hydrogen-bond acceptors (Lipinski definition) is 8. The van der Waals surface area contributed by atoms with Crippen molar-refractivity contribution in [2.24, 2.45) is 5.92 Å². The van der Waals surface area contributed by atoms with E-state index in [1.54, 1.807) is 37.3 Å². The van der Waals surface area contributed by atoms with E-state index >= 15 is 0 Å². The third-order valence-electron chi connectivity index (χ3n) is 7.28. The third kappa shape index (κ3) is 5.14. The van der Waals surface area contributed by atoms with Crippen LogP contribution in [0, 0.1) is 12.8 Å². The van der Waals surface area contributed by atoms with E-state index in [9.17, 15) is 19.2 Å². The van der Waals surface area contributed by atoms with Gasteiger partial charge in [0.25, 0.3) is 0 Å². The van der Waals surface area contributed by atoms with Gasteiger partial charge in [0.15, 0.2) is 0 Å². The van der Waals surface area contributed by atoms with Crippen molar-refractivity contribution in [3.63, 3.8) is 0 Å². The fraction of sp³-hybridized carbons (Fsp3) is 0.226. The first-order valence-corrected chi connectivity index (χ1v) is 15.3. The van der Waals surface area contributed by atoms with E-state index in [-0.39, 0.29) is 18.1 Å². The van der Waals surface area contributed by atoms with Crippen LogP contribution < -0.4 is 14.5 Å². The fourth-order valence-electron chi connectivity index (χ4n) is 5.31. The molecule has 214 valence electrons. The molecule has 1 saturated heterocycles. The number of amides is 2. The number of aromatic nitrogens is 1. The minimum Gasteiger partial charge on any atom is -0.489 e. The van der Waals surface area contributed by atoms with Crippen LogP contribution in [0.3, 0.4) is 0 Å². The second-order valence-corrected chi connectivity index (χ2v) is 12.6. The van der Waals surface area contributed by atoms with Crippen LogP contribution in [0.4, 0.5) is 5.69 Å². The maximum absolute atomic E-state index is 14.1. The molecule has 3 atom stereocenters. The molecule has 0 spiro atoms. The number of aromatic amines is 1. The summed E-state index contributed by atoms with van der Waals surface area (Å²) in [6.07, 6.45) is 0. The number of halogens is 1. The summed E-state index contributed by atoms with van der Waals surface area (Å²) in [5.41, 5.74) is 3.40. The number of thioether (sulfide) groups is 1. The molecule has 1 aromatic heterocycles. The predicted octanol–water partition coefficient (Wildman–Crippen LogP) is 5.95. The van der Waals surface area contributed by atoms with Crippen LogP contribution in [0.1, 0.15) is 44.8 Å². The van der Waals surface area contributed by atoms with Gasteiger partial charge in [-0.2, -0.15) is 0 Å². The molecule has 0 aliphatic carbocycles. The summed E-state index contributed by atoms with van der Waals surface area (Å²) in [4.78, 5) is 57.0. The molecule has 42 heavy (non-hydrogen) atoms. The van der Waals surface area contributed by atoms with Crippen molar-refractivity contribution in [1.82, 2.24) is 4.98 Å². The zero-order chi connectivity index (χ0) is 29.5. The molecule has 1 N–H and O–H groups in total. The average molecular weight is 621 g/mol. The van der Waals surface area contributed by atoms with Gasteiger partial charge in [0.1, 0.15) is 17.6 Å². The molecule has 11 heteroatoms. The molecular weight excluding hydrogens is 596 g/mol. The molecule has 2 aliphatic rings. The summed E-state index contributed by atoms with van der Waals surface area (Å²) in [5.74, 6) is -2.23. The van der Waals surface area contributed by atoms with E-state index in [0.29, 0.717) is 37.5 Å². The van der Waals surface area contributed by atoms with E-state index in [1.807, 2.05) is 31.2 Å². The van der Waals surface area contributed by atoms with Crippen LogP contribution in [-0.4, -0.2) is 34.6 Å². The summed E-state index contributed by atoms with van der Waals surface area (Å²) in [7, 11) is 0. The van der Waals surface area contributed by atoms with Crippen molar-refractivity contribution in [2.75, 3.05) is 11.5 Å². The monoisotopic (exact) mass is 620 g/mol. The Morgan fingerprint density at radius 2 is 1.74 bits per heavy atom. The Morgan fingerprint density at radius 3 is 2.45 bits per heavy atom. The number of nitrogens with zero attached hydrogens (tertiary/aromatic N) is 1. The number of anilines is 1. The minimum atomic E-state index is -0.814. The fourth-order valence-corrected chi connectivity index (χ4v) is 7.99. The van der Waals surface area contributed by atoms with Gasteiger partial charge in [0.05, 0.1) is 28.8 Å². The number of rotatable bonds is 7. The second kappa shape index (κ2) is 11.4. The highest BCUT2D eigenvalue weighted by molar-refractivity contribution is 8.00. The van der Waals surface area contributed by atoms with Gasteiger partial charge in [-0.1, -0.05) is 64.5 Å². The Labute approximate surface area is 254 Å². The number of thiazole rings is 1. The van der Waals surface area contributed by atoms with Gasteiger partial charge in [0, 0.05) is 21.4 Å². The smallest absolute Gasteiger partial charge is 0.338 e. The highest BCUT2D eigenvalue weighted by Gasteiger charge is 2.56. The standard InChI is InChI=1S/C31H25ClN2O6S2/c1-3-39-30(37)18-8-11-20(12-9-18)34-28(35)24-23(25-27(33-31(38)42-25)41-26(24)29(34)36)21-14-19(32)10-13-22(21)40-15-17-6-4-16(2)5-7-17/h4-14,23-24,26H,3,15H2,1-2H3,(H,33,38)/t23-,24?,26?/m1/s1. The highest BCUT2D eigenvalue weighted by atomic mass is 35.5. The number of H-pyrrole nitrogens is 1. The molecule has 1 fully saturated rings. The molecule has 3 heterocycles. The summed E-state index contributed by atoms with van der Waals surface area (Å²) in [5, 5.41) is 0.213. The first-order chi connectivity index (χ1) is 20.2. The quantitative estimate of drug-likeness (QED) is 0.201. The zero-order valence-corrected chi connectivity index (χ0v) is 25.0. The van der Waals surface area contributed by atoms with Crippen molar-refractivity contribution in [1.29, 1.82) is 0 Å². The Balaban J connectivity index is 1.39. The molecule has 2 amide bonds. The number of fused-ring (bicyclic) bond motifs is 2. The molecule has 3 aromatic carbocycles. The number of imide groups is 1. The molecule has 6 rings (SSSR count). The van der Waals surface area contributed by atoms with E-state index in [0.717, 1.165) is 27.4 Å². The van der Waals surface area contributed by atoms with E-state index in [2.05, 4.69) is 4.98 Å². The Kier molecular flexibility index (Phi) is 7.69. The number of carbonyl (C=O) groups is 3. The summed E-state index contributed by atoms with van der Waals surface area (Å²) in [6.45, 7) is 4.25. The van der Waals surface area contributed by atoms with Gasteiger partial charge in [-0.05, 0) is 61.9 Å². The second-order valence-electron chi connectivity index (χ2n) is 9.99. The number of benzene rings is 3. The molecule has 0 radical (unpaired) electrons. The van der Waals surface area contributed by atoms with Crippen molar-refractivity contribution >= 4 is 58.2 Å². The molecule has 8 nitrogen and oxygen atoms in total. The molecule has 0 saturated carbocycles. The van der Waals surface area contributed by atoms with Gasteiger partial charge in [-0.25, -0.2) is 9.69 Å². The summed E-state index contributed by atoms with van der Waals surface area (Å²) < 4.78 is 11.3. The van der Waals surface area contributed by atoms with Crippen LogP contribution in [-0.2, 0) is 20.9 Å². The first kappa shape index (κ1) is 28.3. The molecule has 2 unspecified atom stereocenters. The maximum atomic E-state index is 14.1.